The van der Waals surface area contributed by atoms with Crippen LogP contribution in [0.5, 0.6) is 11.5 Å². The summed E-state index contributed by atoms with van der Waals surface area (Å²) < 4.78 is 16.0. The Morgan fingerprint density at radius 2 is 1.92 bits per heavy atom. The molecule has 0 bridgehead atoms. The molecule has 0 saturated heterocycles. The van der Waals surface area contributed by atoms with E-state index in [0.717, 1.165) is 11.1 Å². The molecular weight excluding hydrogens is 334 g/mol. The summed E-state index contributed by atoms with van der Waals surface area (Å²) in [5.74, 6) is 0.321. The summed E-state index contributed by atoms with van der Waals surface area (Å²) in [4.78, 5) is 26.1. The van der Waals surface area contributed by atoms with Crippen molar-refractivity contribution in [3.63, 3.8) is 0 Å². The number of anilines is 1. The minimum Gasteiger partial charge on any atom is -0.484 e. The summed E-state index contributed by atoms with van der Waals surface area (Å²) in [6.07, 6.45) is -0.861. The lowest BCUT2D eigenvalue weighted by Crippen LogP contribution is -2.48. The van der Waals surface area contributed by atoms with Crippen molar-refractivity contribution in [1.82, 2.24) is 0 Å². The van der Waals surface area contributed by atoms with Gasteiger partial charge in [0, 0.05) is 0 Å². The minimum atomic E-state index is -0.861. The van der Waals surface area contributed by atoms with Crippen LogP contribution in [0.25, 0.3) is 0 Å². The Morgan fingerprint density at radius 3 is 2.65 bits per heavy atom. The number of hydrogen-bond acceptors (Lipinski definition) is 5. The first kappa shape index (κ1) is 17.8. The highest BCUT2D eigenvalue weighted by atomic mass is 16.6. The van der Waals surface area contributed by atoms with Crippen molar-refractivity contribution in [2.45, 2.75) is 20.0 Å². The number of benzene rings is 2. The van der Waals surface area contributed by atoms with Crippen molar-refractivity contribution in [2.24, 2.45) is 0 Å². The number of esters is 1. The maximum Gasteiger partial charge on any atom is 0.348 e. The molecule has 1 aliphatic rings. The molecule has 0 saturated carbocycles. The molecule has 3 rings (SSSR count). The van der Waals surface area contributed by atoms with E-state index in [-0.39, 0.29) is 19.1 Å². The van der Waals surface area contributed by atoms with Crippen LogP contribution in [0.15, 0.2) is 42.5 Å². The number of para-hydroxylation sites is 2. The Hall–Kier alpha value is -3.02. The van der Waals surface area contributed by atoms with Gasteiger partial charge in [-0.1, -0.05) is 18.2 Å². The van der Waals surface area contributed by atoms with Gasteiger partial charge < -0.3 is 19.1 Å². The summed E-state index contributed by atoms with van der Waals surface area (Å²) >= 11 is 0. The predicted molar refractivity (Wildman–Crippen MR) is 96.6 cm³/mol. The molecule has 6 heteroatoms. The second-order valence-electron chi connectivity index (χ2n) is 6.14. The molecule has 1 aliphatic heterocycles. The van der Waals surface area contributed by atoms with Crippen molar-refractivity contribution in [3.05, 3.63) is 53.6 Å². The van der Waals surface area contributed by atoms with Crippen molar-refractivity contribution < 1.29 is 23.8 Å². The van der Waals surface area contributed by atoms with Gasteiger partial charge in [-0.3, -0.25) is 4.79 Å². The van der Waals surface area contributed by atoms with Crippen LogP contribution < -0.4 is 14.4 Å². The maximum absolute atomic E-state index is 12.7. The largest absolute Gasteiger partial charge is 0.484 e. The van der Waals surface area contributed by atoms with E-state index < -0.39 is 12.1 Å². The summed E-state index contributed by atoms with van der Waals surface area (Å²) in [7, 11) is 1.29. The Labute approximate surface area is 152 Å². The summed E-state index contributed by atoms with van der Waals surface area (Å²) in [5.41, 5.74) is 2.87. The highest BCUT2D eigenvalue weighted by Gasteiger charge is 2.34. The molecule has 0 N–H and O–H groups in total. The van der Waals surface area contributed by atoms with Crippen molar-refractivity contribution in [3.8, 4) is 11.5 Å². The number of hydrogen-bond donors (Lipinski definition) is 0. The molecule has 136 valence electrons. The fourth-order valence-corrected chi connectivity index (χ4v) is 2.75. The zero-order valence-electron chi connectivity index (χ0n) is 15.0. The van der Waals surface area contributed by atoms with Crippen LogP contribution in [0, 0.1) is 13.8 Å². The zero-order valence-corrected chi connectivity index (χ0v) is 15.0. The molecule has 1 amide bonds. The quantitative estimate of drug-likeness (QED) is 0.789. The van der Waals surface area contributed by atoms with Gasteiger partial charge in [-0.15, -0.1) is 0 Å². The Bertz CT molecular complexity index is 833. The van der Waals surface area contributed by atoms with Crippen LogP contribution in [0.3, 0.4) is 0 Å². The van der Waals surface area contributed by atoms with E-state index in [1.807, 2.05) is 38.1 Å². The van der Waals surface area contributed by atoms with E-state index in [0.29, 0.717) is 17.2 Å². The standard InChI is InChI=1S/C20H21NO5/c1-13-8-9-15(10-14(13)2)25-12-19(22)21-11-18(20(23)24-3)26-17-7-5-4-6-16(17)21/h4-10,18H,11-12H2,1-3H3/t18-/m1/s1. The third-order valence-electron chi connectivity index (χ3n) is 4.38. The molecule has 26 heavy (non-hydrogen) atoms. The second-order valence-corrected chi connectivity index (χ2v) is 6.14. The average Bonchev–Trinajstić information content (AvgIpc) is 2.67. The lowest BCUT2D eigenvalue weighted by molar-refractivity contribution is -0.148. The van der Waals surface area contributed by atoms with Gasteiger partial charge in [-0.25, -0.2) is 4.79 Å². The SMILES string of the molecule is COC(=O)[C@H]1CN(C(=O)COc2ccc(C)c(C)c2)c2ccccc2O1. The summed E-state index contributed by atoms with van der Waals surface area (Å²) in [6, 6.07) is 12.8. The Balaban J connectivity index is 1.76. The molecule has 1 heterocycles. The van der Waals surface area contributed by atoms with Crippen LogP contribution in [0.1, 0.15) is 11.1 Å². The molecule has 1 atom stereocenters. The van der Waals surface area contributed by atoms with Gasteiger partial charge in [0.05, 0.1) is 19.3 Å². The van der Waals surface area contributed by atoms with E-state index in [9.17, 15) is 9.59 Å². The van der Waals surface area contributed by atoms with Crippen molar-refractivity contribution in [1.29, 1.82) is 0 Å². The average molecular weight is 355 g/mol. The number of carbonyl (C=O) groups is 2. The molecule has 0 unspecified atom stereocenters. The van der Waals surface area contributed by atoms with Gasteiger partial charge in [-0.2, -0.15) is 0 Å². The minimum absolute atomic E-state index is 0.0821. The third-order valence-corrected chi connectivity index (χ3v) is 4.38. The van der Waals surface area contributed by atoms with Crippen LogP contribution in [0.4, 0.5) is 5.69 Å². The molecule has 2 aromatic carbocycles. The zero-order chi connectivity index (χ0) is 18.7. The monoisotopic (exact) mass is 355 g/mol. The first-order valence-electron chi connectivity index (χ1n) is 8.33. The van der Waals surface area contributed by atoms with E-state index in [4.69, 9.17) is 14.2 Å². The first-order chi connectivity index (χ1) is 12.5. The third kappa shape index (κ3) is 3.64. The van der Waals surface area contributed by atoms with Crippen LogP contribution in [-0.2, 0) is 14.3 Å². The number of fused-ring (bicyclic) bond motifs is 1. The van der Waals surface area contributed by atoms with Crippen molar-refractivity contribution >= 4 is 17.6 Å². The fourth-order valence-electron chi connectivity index (χ4n) is 2.75. The second kappa shape index (κ2) is 7.47. The van der Waals surface area contributed by atoms with Crippen molar-refractivity contribution in [2.75, 3.05) is 25.2 Å². The molecule has 6 nitrogen and oxygen atoms in total. The molecule has 2 aromatic rings. The molecule has 0 fully saturated rings. The topological polar surface area (TPSA) is 65.1 Å². The summed E-state index contributed by atoms with van der Waals surface area (Å²) in [5, 5.41) is 0. The molecule has 0 aliphatic carbocycles. The van der Waals surface area contributed by atoms with Gasteiger partial charge in [0.2, 0.25) is 6.10 Å². The highest BCUT2D eigenvalue weighted by molar-refractivity contribution is 5.97. The van der Waals surface area contributed by atoms with Gasteiger partial charge in [0.15, 0.2) is 6.61 Å². The van der Waals surface area contributed by atoms with Crippen LogP contribution >= 0.6 is 0 Å². The summed E-state index contributed by atoms with van der Waals surface area (Å²) in [6.45, 7) is 3.95. The van der Waals surface area contributed by atoms with Gasteiger partial charge >= 0.3 is 5.97 Å². The fraction of sp³-hybridized carbons (Fsp3) is 0.300. The highest BCUT2D eigenvalue weighted by Crippen LogP contribution is 2.33. The van der Waals surface area contributed by atoms with Gasteiger partial charge in [-0.05, 0) is 49.2 Å². The maximum atomic E-state index is 12.7. The van der Waals surface area contributed by atoms with Crippen LogP contribution in [0.2, 0.25) is 0 Å². The number of ether oxygens (including phenoxy) is 3. The lowest BCUT2D eigenvalue weighted by atomic mass is 10.1. The van der Waals surface area contributed by atoms with E-state index in [2.05, 4.69) is 0 Å². The number of amides is 1. The van der Waals surface area contributed by atoms with Crippen LogP contribution in [-0.4, -0.2) is 38.2 Å². The van der Waals surface area contributed by atoms with Gasteiger partial charge in [0.1, 0.15) is 11.5 Å². The lowest BCUT2D eigenvalue weighted by Gasteiger charge is -2.33. The Morgan fingerprint density at radius 1 is 1.15 bits per heavy atom. The predicted octanol–water partition coefficient (Wildman–Crippen LogP) is 2.65. The first-order valence-corrected chi connectivity index (χ1v) is 8.33. The number of aryl methyl sites for hydroxylation is 2. The van der Waals surface area contributed by atoms with E-state index in [1.54, 1.807) is 18.2 Å². The normalized spacial score (nSPS) is 15.7. The number of nitrogens with zero attached hydrogens (tertiary/aromatic N) is 1. The molecular formula is C20H21NO5. The Kier molecular flexibility index (Phi) is 5.11. The number of rotatable bonds is 4. The number of methoxy groups -OCH3 is 1. The van der Waals surface area contributed by atoms with Gasteiger partial charge in [0.25, 0.3) is 5.91 Å². The molecule has 0 aromatic heterocycles. The van der Waals surface area contributed by atoms with E-state index >= 15 is 0 Å². The molecule has 0 radical (unpaired) electrons. The molecule has 0 spiro atoms. The number of carbonyl (C=O) groups excluding carboxylic acids is 2. The smallest absolute Gasteiger partial charge is 0.348 e. The van der Waals surface area contributed by atoms with E-state index in [1.165, 1.54) is 12.0 Å².